The van der Waals surface area contributed by atoms with Gasteiger partial charge in [-0.2, -0.15) is 0 Å². The average Bonchev–Trinajstić information content (AvgIpc) is 1.50. The van der Waals surface area contributed by atoms with Crippen LogP contribution in [0.25, 0.3) is 109 Å². The van der Waals surface area contributed by atoms with Crippen LogP contribution in [0.15, 0.2) is 332 Å². The topological polar surface area (TPSA) is 19.6 Å². The van der Waals surface area contributed by atoms with Gasteiger partial charge in [0.2, 0.25) is 0 Å². The molecule has 520 valence electrons. The molecule has 0 saturated heterocycles. The van der Waals surface area contributed by atoms with Crippen molar-refractivity contribution in [1.82, 2.24) is 0 Å². The lowest BCUT2D eigenvalue weighted by Crippen LogP contribution is -2.55. The third-order valence-electron chi connectivity index (χ3n) is 27.7. The predicted molar refractivity (Wildman–Crippen MR) is 451 cm³/mol. The number of benzene rings is 14. The third-order valence-corrected chi connectivity index (χ3v) is 28.9. The zero-order chi connectivity index (χ0) is 70.8. The van der Waals surface area contributed by atoms with Crippen LogP contribution in [0.4, 0.5) is 34.1 Å². The molecular formula is C104H82N2OS. The van der Waals surface area contributed by atoms with Crippen LogP contribution in [-0.4, -0.2) is 0 Å². The van der Waals surface area contributed by atoms with Crippen molar-refractivity contribution in [1.29, 1.82) is 0 Å². The second kappa shape index (κ2) is 24.6. The zero-order valence-corrected chi connectivity index (χ0v) is 61.4. The molecule has 26 rings (SSSR count). The largest absolute Gasteiger partial charge is 0.456 e. The fraction of sp³-hybridized carbons (Fsp3) is 0.192. The minimum atomic E-state index is 0.113. The van der Waals surface area contributed by atoms with E-state index >= 15 is 0 Å². The molecule has 10 aliphatic carbocycles. The van der Waals surface area contributed by atoms with E-state index < -0.39 is 0 Å². The molecule has 8 saturated carbocycles. The first-order valence-electron chi connectivity index (χ1n) is 39.8. The molecule has 4 heteroatoms. The predicted octanol–water partition coefficient (Wildman–Crippen LogP) is 28.7. The quantitative estimate of drug-likeness (QED) is 0.136. The van der Waals surface area contributed by atoms with Crippen LogP contribution in [0.1, 0.15) is 86.5 Å². The Balaban J connectivity index is 0.000000130. The highest BCUT2D eigenvalue weighted by Crippen LogP contribution is 2.72. The van der Waals surface area contributed by atoms with Crippen molar-refractivity contribution in [3.8, 4) is 66.8 Å². The highest BCUT2D eigenvalue weighted by atomic mass is 32.1. The number of anilines is 6. The van der Waals surface area contributed by atoms with E-state index in [0.29, 0.717) is 0 Å². The summed E-state index contributed by atoms with van der Waals surface area (Å²) in [6.45, 7) is 0. The Hall–Kier alpha value is -11.3. The number of furan rings is 1. The van der Waals surface area contributed by atoms with E-state index in [1.807, 2.05) is 11.3 Å². The van der Waals surface area contributed by atoms with Crippen LogP contribution in [0, 0.1) is 47.3 Å². The summed E-state index contributed by atoms with van der Waals surface area (Å²) in [4.78, 5) is 5.01. The van der Waals surface area contributed by atoms with E-state index in [-0.39, 0.29) is 10.8 Å². The summed E-state index contributed by atoms with van der Waals surface area (Å²) in [5, 5.41) is 4.97. The van der Waals surface area contributed by atoms with Crippen LogP contribution < -0.4 is 9.80 Å². The lowest BCUT2D eigenvalue weighted by Gasteiger charge is -2.61. The Labute approximate surface area is 636 Å². The molecule has 8 fully saturated rings. The van der Waals surface area contributed by atoms with Gasteiger partial charge in [0.25, 0.3) is 0 Å². The van der Waals surface area contributed by atoms with Gasteiger partial charge in [0, 0.05) is 75.9 Å². The van der Waals surface area contributed by atoms with Gasteiger partial charge in [-0.3, -0.25) is 0 Å². The molecule has 0 radical (unpaired) electrons. The van der Waals surface area contributed by atoms with Crippen molar-refractivity contribution in [2.75, 3.05) is 9.80 Å². The van der Waals surface area contributed by atoms with E-state index in [1.165, 1.54) is 174 Å². The first-order valence-corrected chi connectivity index (χ1v) is 40.7. The molecule has 14 aromatic carbocycles. The maximum Gasteiger partial charge on any atom is 0.135 e. The number of para-hydroxylation sites is 1. The van der Waals surface area contributed by atoms with Crippen LogP contribution in [0.2, 0.25) is 0 Å². The number of thiophene rings is 1. The summed E-state index contributed by atoms with van der Waals surface area (Å²) in [7, 11) is 0. The Morgan fingerprint density at radius 1 is 0.231 bits per heavy atom. The zero-order valence-electron chi connectivity index (χ0n) is 60.6. The van der Waals surface area contributed by atoms with Crippen LogP contribution in [0.5, 0.6) is 0 Å². The van der Waals surface area contributed by atoms with Crippen LogP contribution in [-0.2, 0) is 10.8 Å². The number of hydrogen-bond acceptors (Lipinski definition) is 4. The van der Waals surface area contributed by atoms with Crippen molar-refractivity contribution in [2.45, 2.75) is 75.0 Å². The molecule has 0 atom stereocenters. The van der Waals surface area contributed by atoms with Crippen molar-refractivity contribution in [3.05, 3.63) is 350 Å². The minimum Gasteiger partial charge on any atom is -0.456 e. The fourth-order valence-corrected chi connectivity index (χ4v) is 24.8. The highest BCUT2D eigenvalue weighted by molar-refractivity contribution is 7.25. The van der Waals surface area contributed by atoms with Gasteiger partial charge in [-0.1, -0.05) is 231 Å². The number of nitrogens with zero attached hydrogens (tertiary/aromatic N) is 2. The first-order chi connectivity index (χ1) is 53.4. The summed E-state index contributed by atoms with van der Waals surface area (Å²) in [6.07, 6.45) is 14.0. The maximum absolute atomic E-state index is 6.31. The summed E-state index contributed by atoms with van der Waals surface area (Å²) in [5.41, 5.74) is 31.4. The molecule has 10 aliphatic rings. The molecule has 0 aliphatic heterocycles. The van der Waals surface area contributed by atoms with Gasteiger partial charge in [0.1, 0.15) is 11.2 Å². The summed E-state index contributed by atoms with van der Waals surface area (Å²) in [6, 6.07) is 123. The van der Waals surface area contributed by atoms with Gasteiger partial charge < -0.3 is 14.2 Å². The standard InChI is InChI=1S/C52H41NO.C52H41NS/c2*1-2-8-35(9-3-1)36-14-16-37(17-15-36)38-18-20-41(21-19-38)53(42-23-25-51-47(31-42)46-11-5-7-13-50(46)54-51)43-22-24-45-44-10-4-6-12-48(44)52(49(45)32-43)39-27-33-26-34(29-39)30-40(52)28-33/h2*1-25,31-34,39-40H,26-30H2. The van der Waals surface area contributed by atoms with Gasteiger partial charge in [-0.25, -0.2) is 0 Å². The maximum atomic E-state index is 6.31. The molecule has 3 nitrogen and oxygen atoms in total. The number of hydrogen-bond donors (Lipinski definition) is 0. The van der Waals surface area contributed by atoms with E-state index in [4.69, 9.17) is 4.42 Å². The second-order valence-corrected chi connectivity index (χ2v) is 34.2. The van der Waals surface area contributed by atoms with Crippen molar-refractivity contribution < 1.29 is 4.42 Å². The Bertz CT molecular complexity index is 5770. The second-order valence-electron chi connectivity index (χ2n) is 33.1. The van der Waals surface area contributed by atoms with Gasteiger partial charge >= 0.3 is 0 Å². The monoisotopic (exact) mass is 1410 g/mol. The Morgan fingerprint density at radius 3 is 1.03 bits per heavy atom. The molecule has 0 amide bonds. The molecule has 2 heterocycles. The smallest absolute Gasteiger partial charge is 0.135 e. The Kier molecular flexibility index (Phi) is 14.3. The van der Waals surface area contributed by atoms with E-state index in [1.54, 1.807) is 22.3 Å². The first kappa shape index (κ1) is 62.9. The molecule has 2 spiro atoms. The third kappa shape index (κ3) is 9.70. The molecular weight excluding hydrogens is 1330 g/mol. The van der Waals surface area contributed by atoms with E-state index in [9.17, 15) is 0 Å². The van der Waals surface area contributed by atoms with E-state index in [0.717, 1.165) is 80.7 Å². The van der Waals surface area contributed by atoms with Crippen molar-refractivity contribution in [3.63, 3.8) is 0 Å². The molecule has 108 heavy (non-hydrogen) atoms. The SMILES string of the molecule is c1ccc(-c2ccc(-c3ccc(N(c4ccc5c(c4)C4(c6ccccc6-5)C5CC6CC(C5)CC4C6)c4ccc5oc6ccccc6c5c4)cc3)cc2)cc1.c1ccc(-c2ccc(-c3ccc(N(c4ccc5c(c4)C4(c6ccccc6-5)C5CC6CC(C5)CC4C6)c4ccc5sc6ccccc6c5c4)cc3)cc2)cc1. The van der Waals surface area contributed by atoms with Crippen molar-refractivity contribution >= 4 is 87.6 Å². The average molecular weight is 1410 g/mol. The van der Waals surface area contributed by atoms with Gasteiger partial charge in [0.15, 0.2) is 0 Å². The lowest BCUT2D eigenvalue weighted by atomic mass is 9.43. The van der Waals surface area contributed by atoms with Gasteiger partial charge in [0.05, 0.1) is 0 Å². The molecule has 16 aromatic rings. The highest BCUT2D eigenvalue weighted by Gasteiger charge is 2.63. The summed E-state index contributed by atoms with van der Waals surface area (Å²) >= 11 is 1.89. The fourth-order valence-electron chi connectivity index (χ4n) is 23.7. The molecule has 2 aromatic heterocycles. The van der Waals surface area contributed by atoms with Crippen LogP contribution >= 0.6 is 11.3 Å². The van der Waals surface area contributed by atoms with Gasteiger partial charge in [-0.15, -0.1) is 11.3 Å². The Morgan fingerprint density at radius 2 is 0.556 bits per heavy atom. The van der Waals surface area contributed by atoms with Crippen molar-refractivity contribution in [2.24, 2.45) is 47.3 Å². The summed E-state index contributed by atoms with van der Waals surface area (Å²) in [5.74, 6) is 6.60. The summed E-state index contributed by atoms with van der Waals surface area (Å²) < 4.78 is 8.99. The number of fused-ring (bicyclic) bond motifs is 12. The van der Waals surface area contributed by atoms with Crippen LogP contribution in [0.3, 0.4) is 0 Å². The lowest BCUT2D eigenvalue weighted by molar-refractivity contribution is -0.0399. The molecule has 0 unspecified atom stereocenters. The molecule has 8 bridgehead atoms. The number of rotatable bonds is 10. The normalized spacial score (nSPS) is 23.3. The van der Waals surface area contributed by atoms with Gasteiger partial charge in [-0.05, 0) is 298 Å². The minimum absolute atomic E-state index is 0.113. The van der Waals surface area contributed by atoms with E-state index in [2.05, 4.69) is 337 Å². The molecule has 0 N–H and O–H groups in total.